The van der Waals surface area contributed by atoms with Crippen molar-refractivity contribution in [2.75, 3.05) is 7.11 Å². The molecule has 0 saturated heterocycles. The number of rotatable bonds is 9. The minimum absolute atomic E-state index is 0.196. The van der Waals surface area contributed by atoms with E-state index in [1.165, 1.54) is 38.3 Å². The molecule has 0 fully saturated rings. The van der Waals surface area contributed by atoms with E-state index in [-0.39, 0.29) is 17.8 Å². The van der Waals surface area contributed by atoms with E-state index in [1.54, 1.807) is 13.8 Å². The van der Waals surface area contributed by atoms with Crippen molar-refractivity contribution in [2.45, 2.75) is 72.0 Å². The second-order valence-corrected chi connectivity index (χ2v) is 11.7. The van der Waals surface area contributed by atoms with Gasteiger partial charge in [-0.1, -0.05) is 6.07 Å². The molecule has 0 saturated carbocycles. The Morgan fingerprint density at radius 2 is 1.24 bits per heavy atom. The zero-order valence-electron chi connectivity index (χ0n) is 28.6. The van der Waals surface area contributed by atoms with E-state index in [9.17, 15) is 36.2 Å². The molecule has 0 aliphatic rings. The maximum absolute atomic E-state index is 12.8. The van der Waals surface area contributed by atoms with E-state index in [4.69, 9.17) is 13.6 Å². The molecule has 3 aromatic carbocycles. The smallest absolute Gasteiger partial charge is 0.416 e. The van der Waals surface area contributed by atoms with E-state index in [0.29, 0.717) is 52.6 Å². The molecule has 0 amide bonds. The molecule has 2 aromatic heterocycles. The minimum atomic E-state index is -4.40. The molecule has 1 N–H and O–H groups in total. The third-order valence-corrected chi connectivity index (χ3v) is 7.79. The van der Waals surface area contributed by atoms with Gasteiger partial charge in [-0.25, -0.2) is 9.97 Å². The highest BCUT2D eigenvalue weighted by Crippen LogP contribution is 2.34. The van der Waals surface area contributed by atoms with Crippen LogP contribution in [0, 0.1) is 20.8 Å². The topological polar surface area (TPSA) is 108 Å². The van der Waals surface area contributed by atoms with Crippen LogP contribution < -0.4 is 4.74 Å². The van der Waals surface area contributed by atoms with Crippen LogP contribution in [-0.4, -0.2) is 28.2 Å². The SMILES string of the molecule is COC(=O)CCc1ccc(OC(C)c2oc(-c3ccc(C(F)(F)F)cc3)nc2C)cc1C.Cc1nc(-c2ccc(C(F)(F)F)cc2)oc1C(C)O. The zero-order valence-corrected chi connectivity index (χ0v) is 28.6. The normalized spacial score (nSPS) is 12.9. The summed E-state index contributed by atoms with van der Waals surface area (Å²) in [5.74, 6) is 1.60. The fourth-order valence-corrected chi connectivity index (χ4v) is 5.05. The standard InChI is InChI=1S/C24H24F3NO4.C13H12F3NO2/c1-14-13-20(11-7-17(14)8-12-21(29)30-4)31-16(3)22-15(2)28-23(32-22)18-5-9-19(10-6-18)24(25,26)27;1-7-11(8(2)18)19-12(17-7)9-3-5-10(6-4-9)13(14,15)16/h5-7,9-11,13,16H,8,12H2,1-4H3;3-6,8,18H,1-2H3. The third-order valence-electron chi connectivity index (χ3n) is 7.79. The Hall–Kier alpha value is -5.11. The number of carbonyl (C=O) groups is 1. The van der Waals surface area contributed by atoms with Gasteiger partial charge in [-0.15, -0.1) is 0 Å². The molecule has 0 aliphatic carbocycles. The number of benzene rings is 3. The van der Waals surface area contributed by atoms with Crippen LogP contribution in [0.15, 0.2) is 75.6 Å². The lowest BCUT2D eigenvalue weighted by atomic mass is 10.0. The van der Waals surface area contributed by atoms with Crippen molar-refractivity contribution in [3.63, 3.8) is 0 Å². The Balaban J connectivity index is 0.000000261. The second-order valence-electron chi connectivity index (χ2n) is 11.7. The fourth-order valence-electron chi connectivity index (χ4n) is 5.05. The van der Waals surface area contributed by atoms with Gasteiger partial charge < -0.3 is 23.4 Å². The molecule has 8 nitrogen and oxygen atoms in total. The second kappa shape index (κ2) is 15.8. The van der Waals surface area contributed by atoms with E-state index >= 15 is 0 Å². The third kappa shape index (κ3) is 10.00. The molecule has 272 valence electrons. The summed E-state index contributed by atoms with van der Waals surface area (Å²) in [6.45, 7) is 8.70. The summed E-state index contributed by atoms with van der Waals surface area (Å²) in [5, 5.41) is 9.43. The molecule has 5 aromatic rings. The first kappa shape index (κ1) is 38.7. The van der Waals surface area contributed by atoms with Crippen LogP contribution in [0.3, 0.4) is 0 Å². The maximum Gasteiger partial charge on any atom is 0.416 e. The summed E-state index contributed by atoms with van der Waals surface area (Å²) in [5.41, 5.74) is 2.55. The molecular weight excluding hydrogens is 682 g/mol. The lowest BCUT2D eigenvalue weighted by Gasteiger charge is -2.15. The van der Waals surface area contributed by atoms with Crippen molar-refractivity contribution in [3.05, 3.63) is 112 Å². The average Bonchev–Trinajstić information content (AvgIpc) is 3.66. The van der Waals surface area contributed by atoms with Crippen LogP contribution in [0.5, 0.6) is 5.75 Å². The number of hydrogen-bond donors (Lipinski definition) is 1. The van der Waals surface area contributed by atoms with Crippen LogP contribution in [0.4, 0.5) is 26.3 Å². The molecular formula is C37H36F6N2O6. The fraction of sp³-hybridized carbons (Fsp3) is 0.324. The molecule has 2 unspecified atom stereocenters. The van der Waals surface area contributed by atoms with Gasteiger partial charge in [0.05, 0.1) is 29.6 Å². The molecule has 0 bridgehead atoms. The number of nitrogens with zero attached hydrogens (tertiary/aromatic N) is 2. The lowest BCUT2D eigenvalue weighted by molar-refractivity contribution is -0.140. The van der Waals surface area contributed by atoms with Gasteiger partial charge in [0.2, 0.25) is 11.8 Å². The van der Waals surface area contributed by atoms with Gasteiger partial charge in [-0.2, -0.15) is 26.3 Å². The number of halogens is 6. The molecule has 2 atom stereocenters. The number of hydrogen-bond acceptors (Lipinski definition) is 8. The Morgan fingerprint density at radius 3 is 1.65 bits per heavy atom. The van der Waals surface area contributed by atoms with Crippen molar-refractivity contribution in [2.24, 2.45) is 0 Å². The minimum Gasteiger partial charge on any atom is -0.483 e. The summed E-state index contributed by atoms with van der Waals surface area (Å²) in [7, 11) is 1.36. The Bertz CT molecular complexity index is 1930. The molecule has 0 aliphatic heterocycles. The summed E-state index contributed by atoms with van der Waals surface area (Å²) >= 11 is 0. The maximum atomic E-state index is 12.8. The number of aryl methyl sites for hydroxylation is 4. The van der Waals surface area contributed by atoms with Crippen molar-refractivity contribution in [1.29, 1.82) is 0 Å². The molecule has 2 heterocycles. The Kier molecular flexibility index (Phi) is 12.0. The van der Waals surface area contributed by atoms with Crippen molar-refractivity contribution in [1.82, 2.24) is 9.97 Å². The van der Waals surface area contributed by atoms with Gasteiger partial charge in [-0.3, -0.25) is 4.79 Å². The summed E-state index contributed by atoms with van der Waals surface area (Å²) in [4.78, 5) is 19.8. The number of esters is 1. The highest BCUT2D eigenvalue weighted by Gasteiger charge is 2.31. The van der Waals surface area contributed by atoms with Gasteiger partial charge in [0, 0.05) is 17.5 Å². The number of oxazole rings is 2. The van der Waals surface area contributed by atoms with Gasteiger partial charge in [0.1, 0.15) is 11.9 Å². The van der Waals surface area contributed by atoms with Crippen molar-refractivity contribution in [3.8, 4) is 28.7 Å². The van der Waals surface area contributed by atoms with Gasteiger partial charge in [0.15, 0.2) is 17.6 Å². The van der Waals surface area contributed by atoms with Crippen LogP contribution >= 0.6 is 0 Å². The predicted octanol–water partition coefficient (Wildman–Crippen LogP) is 9.94. The highest BCUT2D eigenvalue weighted by molar-refractivity contribution is 5.69. The number of ether oxygens (including phenoxy) is 2. The van der Waals surface area contributed by atoms with Gasteiger partial charge in [-0.05, 0) is 113 Å². The summed E-state index contributed by atoms with van der Waals surface area (Å²) in [6.07, 6.45) is -9.16. The summed E-state index contributed by atoms with van der Waals surface area (Å²) < 4.78 is 97.4. The number of aromatic nitrogens is 2. The van der Waals surface area contributed by atoms with E-state index in [1.807, 2.05) is 32.0 Å². The number of aliphatic hydroxyl groups excluding tert-OH is 1. The zero-order chi connectivity index (χ0) is 37.7. The number of carbonyl (C=O) groups excluding carboxylic acids is 1. The Labute approximate surface area is 290 Å². The molecule has 14 heteroatoms. The van der Waals surface area contributed by atoms with E-state index in [2.05, 4.69) is 14.7 Å². The van der Waals surface area contributed by atoms with Gasteiger partial charge in [0.25, 0.3) is 0 Å². The molecule has 51 heavy (non-hydrogen) atoms. The lowest BCUT2D eigenvalue weighted by Crippen LogP contribution is -2.05. The van der Waals surface area contributed by atoms with Gasteiger partial charge >= 0.3 is 18.3 Å². The van der Waals surface area contributed by atoms with Crippen LogP contribution in [0.1, 0.15) is 77.6 Å². The van der Waals surface area contributed by atoms with E-state index < -0.39 is 35.7 Å². The first-order valence-electron chi connectivity index (χ1n) is 15.7. The number of methoxy groups -OCH3 is 1. The number of aliphatic hydroxyl groups is 1. The van der Waals surface area contributed by atoms with Crippen molar-refractivity contribution >= 4 is 5.97 Å². The number of alkyl halides is 6. The highest BCUT2D eigenvalue weighted by atomic mass is 19.4. The quantitative estimate of drug-likeness (QED) is 0.119. The molecule has 0 spiro atoms. The summed E-state index contributed by atoms with van der Waals surface area (Å²) in [6, 6.07) is 14.8. The van der Waals surface area contributed by atoms with Crippen molar-refractivity contribution < 1.29 is 54.6 Å². The first-order valence-corrected chi connectivity index (χ1v) is 15.7. The Morgan fingerprint density at radius 1 is 0.765 bits per heavy atom. The van der Waals surface area contributed by atoms with Crippen LogP contribution in [-0.2, 0) is 28.3 Å². The monoisotopic (exact) mass is 718 g/mol. The van der Waals surface area contributed by atoms with Crippen LogP contribution in [0.25, 0.3) is 22.9 Å². The van der Waals surface area contributed by atoms with E-state index in [0.717, 1.165) is 35.4 Å². The molecule has 0 radical (unpaired) electrons. The average molecular weight is 719 g/mol. The predicted molar refractivity (Wildman–Crippen MR) is 175 cm³/mol. The largest absolute Gasteiger partial charge is 0.483 e. The van der Waals surface area contributed by atoms with Crippen LogP contribution in [0.2, 0.25) is 0 Å². The molecule has 5 rings (SSSR count). The first-order chi connectivity index (χ1) is 23.9.